The van der Waals surface area contributed by atoms with Gasteiger partial charge in [0.05, 0.1) is 16.5 Å². The molecule has 0 saturated carbocycles. The third-order valence-electron chi connectivity index (χ3n) is 4.97. The fourth-order valence-corrected chi connectivity index (χ4v) is 4.48. The highest BCUT2D eigenvalue weighted by Gasteiger charge is 2.36. The van der Waals surface area contributed by atoms with Crippen LogP contribution in [0.5, 0.6) is 11.6 Å². The van der Waals surface area contributed by atoms with E-state index < -0.39 is 45.3 Å². The number of ether oxygens (including phenoxy) is 3. The zero-order chi connectivity index (χ0) is 27.7. The van der Waals surface area contributed by atoms with Crippen molar-refractivity contribution < 1.29 is 41.7 Å². The number of carbonyl (C=O) groups excluding carboxylic acids is 2. The number of benzene rings is 2. The minimum absolute atomic E-state index is 0.0151. The molecule has 2 aromatic carbocycles. The number of nitrogens with one attached hydrogen (secondary N) is 1. The van der Waals surface area contributed by atoms with Crippen LogP contribution >= 0.6 is 0 Å². The topological polar surface area (TPSA) is 187 Å². The number of esters is 1. The highest BCUT2D eigenvalue weighted by atomic mass is 32.2. The number of amides is 1. The molecule has 0 saturated heterocycles. The summed E-state index contributed by atoms with van der Waals surface area (Å²) in [6.07, 6.45) is -0.640. The molecule has 3 rings (SSSR count). The highest BCUT2D eigenvalue weighted by molar-refractivity contribution is 7.91. The normalized spacial score (nSPS) is 12.2. The van der Waals surface area contributed by atoms with Crippen LogP contribution in [0.2, 0.25) is 0 Å². The van der Waals surface area contributed by atoms with Gasteiger partial charge in [-0.25, -0.2) is 13.2 Å². The first-order chi connectivity index (χ1) is 18.1. The van der Waals surface area contributed by atoms with Crippen LogP contribution in [0.3, 0.4) is 0 Å². The van der Waals surface area contributed by atoms with Gasteiger partial charge in [-0.15, -0.1) is 0 Å². The Morgan fingerprint density at radius 3 is 2.42 bits per heavy atom. The first-order valence-electron chi connectivity index (χ1n) is 11.5. The summed E-state index contributed by atoms with van der Waals surface area (Å²) in [5.41, 5.74) is 5.92. The maximum Gasteiger partial charge on any atom is 0.415 e. The molecule has 1 heterocycles. The molecule has 14 heteroatoms. The average molecular weight is 549 g/mol. The summed E-state index contributed by atoms with van der Waals surface area (Å²) >= 11 is 0. The second kappa shape index (κ2) is 12.9. The summed E-state index contributed by atoms with van der Waals surface area (Å²) in [6.45, 7) is 3.32. The van der Waals surface area contributed by atoms with E-state index in [1.165, 1.54) is 24.3 Å². The molecule has 13 nitrogen and oxygen atoms in total. The predicted octanol–water partition coefficient (Wildman–Crippen LogP) is 0.536. The van der Waals surface area contributed by atoms with E-state index in [-0.39, 0.29) is 35.4 Å². The summed E-state index contributed by atoms with van der Waals surface area (Å²) in [4.78, 5) is 23.1. The van der Waals surface area contributed by atoms with Crippen molar-refractivity contribution in [1.82, 2.24) is 10.5 Å². The molecule has 0 aliphatic heterocycles. The number of sulfone groups is 1. The fraction of sp³-hybridized carbons (Fsp3) is 0.333. The van der Waals surface area contributed by atoms with Crippen LogP contribution in [-0.4, -0.2) is 57.4 Å². The molecule has 1 atom stereocenters. The van der Waals surface area contributed by atoms with E-state index in [0.29, 0.717) is 5.75 Å². The molecule has 0 fully saturated rings. The fourth-order valence-electron chi connectivity index (χ4n) is 3.18. The summed E-state index contributed by atoms with van der Waals surface area (Å²) in [5.74, 6) is -1.50. The number of carbonyl (C=O) groups is 2. The molecule has 0 spiro atoms. The molecule has 38 heavy (non-hydrogen) atoms. The van der Waals surface area contributed by atoms with Gasteiger partial charge in [0.15, 0.2) is 6.61 Å². The van der Waals surface area contributed by atoms with Crippen LogP contribution in [0.1, 0.15) is 19.4 Å². The van der Waals surface area contributed by atoms with Crippen LogP contribution in [0, 0.1) is 5.21 Å². The lowest BCUT2D eigenvalue weighted by atomic mass is 10.1. The Hall–Kier alpha value is -4.17. The van der Waals surface area contributed by atoms with Crippen LogP contribution in [-0.2, 0) is 30.6 Å². The Kier molecular flexibility index (Phi) is 9.62. The second-order valence-electron chi connectivity index (χ2n) is 8.42. The number of primary amides is 1. The minimum atomic E-state index is -4.33. The van der Waals surface area contributed by atoms with Gasteiger partial charge in [-0.2, -0.15) is 0 Å². The Morgan fingerprint density at radius 2 is 1.79 bits per heavy atom. The van der Waals surface area contributed by atoms with Gasteiger partial charge in [0.25, 0.3) is 9.84 Å². The lowest BCUT2D eigenvalue weighted by Gasteiger charge is -2.20. The third kappa shape index (κ3) is 7.91. The molecular weight excluding hydrogens is 520 g/mol. The van der Waals surface area contributed by atoms with Gasteiger partial charge >= 0.3 is 16.9 Å². The Balaban J connectivity index is 1.62. The molecule has 0 bridgehead atoms. The zero-order valence-electron chi connectivity index (χ0n) is 20.7. The van der Waals surface area contributed by atoms with Crippen molar-refractivity contribution in [3.8, 4) is 11.6 Å². The minimum Gasteiger partial charge on any atom is -0.490 e. The largest absolute Gasteiger partial charge is 0.490 e. The molecule has 1 amide bonds. The molecule has 0 aliphatic rings. The molecule has 0 aliphatic carbocycles. The Bertz CT molecular complexity index is 1330. The van der Waals surface area contributed by atoms with E-state index in [2.05, 4.69) is 15.1 Å². The molecule has 3 N–H and O–H groups in total. The predicted molar refractivity (Wildman–Crippen MR) is 131 cm³/mol. The maximum atomic E-state index is 12.8. The molecule has 204 valence electrons. The third-order valence-corrected chi connectivity index (χ3v) is 6.70. The first-order valence-corrected chi connectivity index (χ1v) is 13.0. The van der Waals surface area contributed by atoms with Crippen LogP contribution in [0.15, 0.2) is 69.1 Å². The van der Waals surface area contributed by atoms with Gasteiger partial charge in [0, 0.05) is 12.6 Å². The van der Waals surface area contributed by atoms with Crippen LogP contribution < -0.4 is 25.4 Å². The quantitative estimate of drug-likeness (QED) is 0.211. The summed E-state index contributed by atoms with van der Waals surface area (Å²) in [6, 6.07) is 14.0. The van der Waals surface area contributed by atoms with Gasteiger partial charge in [-0.1, -0.05) is 44.2 Å². The standard InChI is InChI=1S/C24H28N4O9S/c1-16(2)26-13-19(14-34-18-10-8-17(9-11-18)12-21(25)29)36-22(30)15-35-23-24(28(31)37-27-23)38(32,33)20-6-4-3-5-7-20/h3-11,16,19,26H,12-15H2,1-2H3,(H2,25,29). The van der Waals surface area contributed by atoms with Crippen molar-refractivity contribution in [2.24, 2.45) is 5.73 Å². The van der Waals surface area contributed by atoms with Crippen molar-refractivity contribution in [3.63, 3.8) is 0 Å². The van der Waals surface area contributed by atoms with Crippen molar-refractivity contribution in [2.75, 3.05) is 19.8 Å². The lowest BCUT2D eigenvalue weighted by Crippen LogP contribution is -2.39. The Morgan fingerprint density at radius 1 is 1.11 bits per heavy atom. The summed E-state index contributed by atoms with van der Waals surface area (Å²) < 4.78 is 46.4. The van der Waals surface area contributed by atoms with Crippen LogP contribution in [0.25, 0.3) is 0 Å². The number of aromatic nitrogens is 2. The molecular formula is C24H28N4O9S. The van der Waals surface area contributed by atoms with Crippen molar-refractivity contribution in [2.45, 2.75) is 42.3 Å². The second-order valence-corrected chi connectivity index (χ2v) is 10.3. The van der Waals surface area contributed by atoms with E-state index >= 15 is 0 Å². The number of hydrogen-bond donors (Lipinski definition) is 2. The first kappa shape index (κ1) is 28.4. The van der Waals surface area contributed by atoms with Gasteiger partial charge in [-0.3, -0.25) is 9.42 Å². The van der Waals surface area contributed by atoms with E-state index in [1.54, 1.807) is 30.3 Å². The number of nitrogens with zero attached hydrogens (tertiary/aromatic N) is 2. The number of rotatable bonds is 14. The maximum absolute atomic E-state index is 12.8. The van der Waals surface area contributed by atoms with Crippen molar-refractivity contribution in [1.29, 1.82) is 0 Å². The SMILES string of the molecule is CC(C)NCC(COc1ccc(CC(N)=O)cc1)OC(=O)COc1no[n+]([O-])c1S(=O)(=O)c1ccccc1. The summed E-state index contributed by atoms with van der Waals surface area (Å²) in [7, 11) is -4.33. The Labute approximate surface area is 218 Å². The molecule has 1 unspecified atom stereocenters. The average Bonchev–Trinajstić information content (AvgIpc) is 3.26. The highest BCUT2D eigenvalue weighted by Crippen LogP contribution is 2.25. The van der Waals surface area contributed by atoms with E-state index in [9.17, 15) is 23.2 Å². The van der Waals surface area contributed by atoms with Gasteiger partial charge in [0.1, 0.15) is 18.5 Å². The van der Waals surface area contributed by atoms with E-state index in [0.717, 1.165) is 5.56 Å². The number of hydrogen-bond acceptors (Lipinski definition) is 11. The van der Waals surface area contributed by atoms with Crippen molar-refractivity contribution in [3.05, 3.63) is 65.4 Å². The van der Waals surface area contributed by atoms with Gasteiger partial charge in [-0.05, 0) is 34.7 Å². The molecule has 1 aromatic heterocycles. The van der Waals surface area contributed by atoms with Crippen molar-refractivity contribution >= 4 is 21.7 Å². The molecule has 0 radical (unpaired) electrons. The lowest BCUT2D eigenvalue weighted by molar-refractivity contribution is -0.832. The van der Waals surface area contributed by atoms with Gasteiger partial charge < -0.3 is 30.5 Å². The zero-order valence-corrected chi connectivity index (χ0v) is 21.6. The number of nitrogens with two attached hydrogens (primary N) is 1. The van der Waals surface area contributed by atoms with Gasteiger partial charge in [0.2, 0.25) is 5.91 Å². The van der Waals surface area contributed by atoms with E-state index in [1.807, 2.05) is 13.8 Å². The molecule has 3 aromatic rings. The monoisotopic (exact) mass is 548 g/mol. The summed E-state index contributed by atoms with van der Waals surface area (Å²) in [5, 5.41) is 17.6. The van der Waals surface area contributed by atoms with Crippen LogP contribution in [0.4, 0.5) is 0 Å². The smallest absolute Gasteiger partial charge is 0.415 e. The van der Waals surface area contributed by atoms with E-state index in [4.69, 9.17) is 19.9 Å².